The predicted molar refractivity (Wildman–Crippen MR) is 183 cm³/mol. The fourth-order valence-electron chi connectivity index (χ4n) is 7.59. The first-order chi connectivity index (χ1) is 21.1. The largest absolute Gasteiger partial charge is 0.310 e. The molecule has 0 bridgehead atoms. The predicted octanol–water partition coefficient (Wildman–Crippen LogP) is 9.68. The zero-order valence-corrected chi connectivity index (χ0v) is 24.9. The van der Waals surface area contributed by atoms with E-state index in [2.05, 4.69) is 152 Å². The summed E-state index contributed by atoms with van der Waals surface area (Å²) in [5.74, 6) is 0. The van der Waals surface area contributed by atoms with Gasteiger partial charge in [-0.2, -0.15) is 0 Å². The first kappa shape index (κ1) is 24.7. The molecule has 0 spiro atoms. The maximum atomic E-state index is 16.1. The Hall–Kier alpha value is -4.91. The van der Waals surface area contributed by atoms with Gasteiger partial charge in [0.2, 0.25) is 0 Å². The molecule has 204 valence electrons. The van der Waals surface area contributed by atoms with E-state index in [9.17, 15) is 0 Å². The van der Waals surface area contributed by atoms with Crippen molar-refractivity contribution in [3.63, 3.8) is 0 Å². The summed E-state index contributed by atoms with van der Waals surface area (Å²) in [4.78, 5) is 2.33. The van der Waals surface area contributed by atoms with Gasteiger partial charge in [0.05, 0.1) is 0 Å². The molecule has 0 radical (unpaired) electrons. The van der Waals surface area contributed by atoms with E-state index in [0.717, 1.165) is 65.6 Å². The molecule has 0 aromatic heterocycles. The summed E-state index contributed by atoms with van der Waals surface area (Å²) in [6.45, 7) is 4.38. The lowest BCUT2D eigenvalue weighted by molar-refractivity contribution is 0.592. The average molecular weight is 570 g/mol. The van der Waals surface area contributed by atoms with Crippen LogP contribution >= 0.6 is 7.14 Å². The van der Waals surface area contributed by atoms with Crippen LogP contribution in [0.4, 0.5) is 17.1 Å². The van der Waals surface area contributed by atoms with Crippen LogP contribution in [0.1, 0.15) is 11.1 Å². The number of hydrogen-bond donors (Lipinski definition) is 0. The molecule has 43 heavy (non-hydrogen) atoms. The fraction of sp³-hybridized carbons (Fsp3) is 0.0500. The van der Waals surface area contributed by atoms with Crippen molar-refractivity contribution in [3.8, 4) is 22.3 Å². The van der Waals surface area contributed by atoms with E-state index in [4.69, 9.17) is 0 Å². The molecule has 0 aliphatic carbocycles. The number of nitrogens with zero attached hydrogens (tertiary/aromatic N) is 1. The third-order valence-electron chi connectivity index (χ3n) is 9.38. The normalized spacial score (nSPS) is 13.6. The molecule has 0 atom stereocenters. The van der Waals surface area contributed by atoms with Gasteiger partial charge in [0.1, 0.15) is 0 Å². The van der Waals surface area contributed by atoms with Crippen molar-refractivity contribution in [2.24, 2.45) is 0 Å². The van der Waals surface area contributed by atoms with E-state index in [1.165, 1.54) is 22.3 Å². The van der Waals surface area contributed by atoms with Crippen molar-refractivity contribution in [3.05, 3.63) is 145 Å². The quantitative estimate of drug-likeness (QED) is 0.198. The van der Waals surface area contributed by atoms with Gasteiger partial charge in [-0.1, -0.05) is 97.1 Å². The lowest BCUT2D eigenvalue weighted by atomic mass is 9.87. The number of aryl methyl sites for hydroxylation is 2. The zero-order chi connectivity index (χ0) is 28.9. The van der Waals surface area contributed by atoms with Gasteiger partial charge in [-0.3, -0.25) is 0 Å². The van der Waals surface area contributed by atoms with Crippen LogP contribution in [0, 0.1) is 13.8 Å². The van der Waals surface area contributed by atoms with Crippen LogP contribution in [-0.2, 0) is 4.57 Å². The second kappa shape index (κ2) is 8.80. The van der Waals surface area contributed by atoms with Crippen LogP contribution in [0.25, 0.3) is 43.8 Å². The zero-order valence-electron chi connectivity index (χ0n) is 24.0. The topological polar surface area (TPSA) is 20.3 Å². The third kappa shape index (κ3) is 3.22. The Morgan fingerprint density at radius 1 is 0.488 bits per heavy atom. The Balaban J connectivity index is 1.51. The Labute approximate surface area is 251 Å². The minimum absolute atomic E-state index is 0.966. The summed E-state index contributed by atoms with van der Waals surface area (Å²) in [5, 5.41) is 7.44. The highest BCUT2D eigenvalue weighted by atomic mass is 31.2. The Bertz CT molecular complexity index is 2180. The molecule has 9 rings (SSSR count). The first-order valence-corrected chi connectivity index (χ1v) is 16.5. The SMILES string of the molecule is Cc1ccc2cccc3c2c1-c1cc(N(c2ccccc2)c2ccccc2)cc2c1P3(=O)c1cccc3ccc(C)c-2c13. The van der Waals surface area contributed by atoms with Gasteiger partial charge in [0.25, 0.3) is 0 Å². The molecule has 2 aliphatic rings. The van der Waals surface area contributed by atoms with Gasteiger partial charge >= 0.3 is 0 Å². The minimum atomic E-state index is -3.20. The molecule has 7 aromatic rings. The maximum Gasteiger partial charge on any atom is 0.173 e. The minimum Gasteiger partial charge on any atom is -0.310 e. The summed E-state index contributed by atoms with van der Waals surface area (Å²) < 4.78 is 16.1. The van der Waals surface area contributed by atoms with E-state index in [1.54, 1.807) is 0 Å². The number of hydrogen-bond acceptors (Lipinski definition) is 2. The molecule has 0 fully saturated rings. The fourth-order valence-corrected chi connectivity index (χ4v) is 11.1. The van der Waals surface area contributed by atoms with Crippen molar-refractivity contribution in [1.82, 2.24) is 0 Å². The van der Waals surface area contributed by atoms with Crippen LogP contribution in [0.3, 0.4) is 0 Å². The van der Waals surface area contributed by atoms with Crippen molar-refractivity contribution >= 4 is 61.7 Å². The lowest BCUT2D eigenvalue weighted by Gasteiger charge is -2.38. The molecule has 3 heteroatoms. The monoisotopic (exact) mass is 569 g/mol. The Morgan fingerprint density at radius 3 is 1.42 bits per heavy atom. The average Bonchev–Trinajstić information content (AvgIpc) is 3.04. The second-order valence-corrected chi connectivity index (χ2v) is 14.4. The van der Waals surface area contributed by atoms with E-state index < -0.39 is 7.14 Å². The summed E-state index contributed by atoms with van der Waals surface area (Å²) in [5.41, 5.74) is 10.2. The summed E-state index contributed by atoms with van der Waals surface area (Å²) in [6, 6.07) is 47.2. The van der Waals surface area contributed by atoms with Gasteiger partial charge < -0.3 is 9.46 Å². The molecule has 0 amide bonds. The number of benzene rings is 7. The number of rotatable bonds is 3. The molecule has 7 aromatic carbocycles. The van der Waals surface area contributed by atoms with Gasteiger partial charge in [0.15, 0.2) is 7.14 Å². The van der Waals surface area contributed by atoms with E-state index in [0.29, 0.717) is 0 Å². The van der Waals surface area contributed by atoms with Crippen LogP contribution < -0.4 is 20.8 Å². The Morgan fingerprint density at radius 2 is 0.953 bits per heavy atom. The van der Waals surface area contributed by atoms with E-state index >= 15 is 4.57 Å². The highest BCUT2D eigenvalue weighted by Crippen LogP contribution is 2.60. The molecule has 0 saturated heterocycles. The molecule has 2 aliphatic heterocycles. The van der Waals surface area contributed by atoms with Gasteiger partial charge in [-0.25, -0.2) is 0 Å². The van der Waals surface area contributed by atoms with E-state index in [-0.39, 0.29) is 0 Å². The summed E-state index contributed by atoms with van der Waals surface area (Å²) in [6.07, 6.45) is 0. The lowest BCUT2D eigenvalue weighted by Crippen LogP contribution is -2.35. The smallest absolute Gasteiger partial charge is 0.173 e. The number of fused-ring (bicyclic) bond motifs is 4. The maximum absolute atomic E-state index is 16.1. The molecule has 0 N–H and O–H groups in total. The number of anilines is 3. The van der Waals surface area contributed by atoms with Crippen molar-refractivity contribution in [2.75, 3.05) is 4.90 Å². The highest BCUT2D eigenvalue weighted by Gasteiger charge is 2.45. The van der Waals surface area contributed by atoms with Crippen molar-refractivity contribution in [1.29, 1.82) is 0 Å². The van der Waals surface area contributed by atoms with Crippen LogP contribution in [-0.4, -0.2) is 0 Å². The molecule has 0 saturated carbocycles. The summed E-state index contributed by atoms with van der Waals surface area (Å²) >= 11 is 0. The van der Waals surface area contributed by atoms with Crippen molar-refractivity contribution in [2.45, 2.75) is 13.8 Å². The van der Waals surface area contributed by atoms with E-state index in [1.807, 2.05) is 0 Å². The molecule has 2 nitrogen and oxygen atoms in total. The molecular formula is C40H28NOP. The molecule has 0 unspecified atom stereocenters. The van der Waals surface area contributed by atoms with Crippen LogP contribution in [0.2, 0.25) is 0 Å². The van der Waals surface area contributed by atoms with Gasteiger partial charge in [-0.05, 0) is 94.4 Å². The third-order valence-corrected chi connectivity index (χ3v) is 12.6. The standard InChI is InChI=1S/C40H28NOP/c1-25-19-21-27-11-9-17-34-38(27)36(25)32-23-31(41(29-13-5-3-6-14-29)30-15-7-4-8-16-30)24-33-37-26(2)20-22-28-12-10-18-35(39(28)37)43(34,42)40(32)33/h3-24H,1-2H3. The summed E-state index contributed by atoms with van der Waals surface area (Å²) in [7, 11) is -3.20. The van der Waals surface area contributed by atoms with Gasteiger partial charge in [0, 0.05) is 43.7 Å². The van der Waals surface area contributed by atoms with Crippen LogP contribution in [0.15, 0.2) is 133 Å². The highest BCUT2D eigenvalue weighted by molar-refractivity contribution is 7.87. The molecular weight excluding hydrogens is 541 g/mol. The van der Waals surface area contributed by atoms with Gasteiger partial charge in [-0.15, -0.1) is 0 Å². The molecule has 2 heterocycles. The van der Waals surface area contributed by atoms with Crippen molar-refractivity contribution < 1.29 is 4.57 Å². The number of para-hydroxylation sites is 2. The second-order valence-electron chi connectivity index (χ2n) is 11.8. The first-order valence-electron chi connectivity index (χ1n) is 14.8. The Kier molecular flexibility index (Phi) is 5.05. The van der Waals surface area contributed by atoms with Crippen LogP contribution in [0.5, 0.6) is 0 Å².